The van der Waals surface area contributed by atoms with Gasteiger partial charge in [0, 0.05) is 6.20 Å². The molecule has 1 atom stereocenters. The lowest BCUT2D eigenvalue weighted by atomic mass is 9.98. The smallest absolute Gasteiger partial charge is 0.223 e. The van der Waals surface area contributed by atoms with Crippen LogP contribution in [0.15, 0.2) is 24.4 Å². The largest absolute Gasteiger partial charge is 0.349 e. The molecule has 0 aliphatic heterocycles. The first kappa shape index (κ1) is 11.8. The minimum atomic E-state index is -0.249. The molecule has 0 saturated carbocycles. The van der Waals surface area contributed by atoms with Gasteiger partial charge in [-0.25, -0.2) is 4.52 Å². The molecule has 0 fully saturated rings. The van der Waals surface area contributed by atoms with Gasteiger partial charge in [0.15, 0.2) is 0 Å². The van der Waals surface area contributed by atoms with E-state index < -0.39 is 0 Å². The van der Waals surface area contributed by atoms with Gasteiger partial charge in [0.1, 0.15) is 6.04 Å². The SMILES string of the molecule is CC(C)c1nn2ccccc2c1C(=O)[C@@H](C)[NH3+]. The number of ketones is 1. The number of nitrogens with zero attached hydrogens (tertiary/aromatic N) is 2. The summed E-state index contributed by atoms with van der Waals surface area (Å²) in [6.07, 6.45) is 1.87. The molecule has 0 aromatic carbocycles. The summed E-state index contributed by atoms with van der Waals surface area (Å²) in [5.74, 6) is 0.294. The summed E-state index contributed by atoms with van der Waals surface area (Å²) in [7, 11) is 0. The van der Waals surface area contributed by atoms with Crippen LogP contribution >= 0.6 is 0 Å². The van der Waals surface area contributed by atoms with Crippen LogP contribution in [0.3, 0.4) is 0 Å². The van der Waals surface area contributed by atoms with Crippen molar-refractivity contribution in [2.75, 3.05) is 0 Å². The van der Waals surface area contributed by atoms with Crippen molar-refractivity contribution < 1.29 is 10.5 Å². The topological polar surface area (TPSA) is 62.0 Å². The van der Waals surface area contributed by atoms with Crippen LogP contribution in [0.4, 0.5) is 0 Å². The Kier molecular flexibility index (Phi) is 2.98. The fourth-order valence-electron chi connectivity index (χ4n) is 1.92. The van der Waals surface area contributed by atoms with Crippen molar-refractivity contribution in [1.82, 2.24) is 9.61 Å². The molecule has 0 aliphatic carbocycles. The molecule has 0 radical (unpaired) electrons. The zero-order valence-electron chi connectivity index (χ0n) is 10.5. The van der Waals surface area contributed by atoms with Crippen LogP contribution in [-0.2, 0) is 0 Å². The highest BCUT2D eigenvalue weighted by atomic mass is 16.1. The van der Waals surface area contributed by atoms with Crippen LogP contribution in [0.2, 0.25) is 0 Å². The minimum Gasteiger partial charge on any atom is -0.349 e. The van der Waals surface area contributed by atoms with E-state index in [1.807, 2.05) is 45.2 Å². The van der Waals surface area contributed by atoms with Gasteiger partial charge < -0.3 is 5.73 Å². The molecule has 17 heavy (non-hydrogen) atoms. The number of carbonyl (C=O) groups excluding carboxylic acids is 1. The van der Waals surface area contributed by atoms with Gasteiger partial charge in [-0.3, -0.25) is 4.79 Å². The van der Waals surface area contributed by atoms with E-state index in [2.05, 4.69) is 10.8 Å². The van der Waals surface area contributed by atoms with Crippen molar-refractivity contribution in [2.24, 2.45) is 0 Å². The Morgan fingerprint density at radius 3 is 2.65 bits per heavy atom. The summed E-state index contributed by atoms with van der Waals surface area (Å²) in [5.41, 5.74) is 6.27. The molecular formula is C13H18N3O+. The Morgan fingerprint density at radius 1 is 1.35 bits per heavy atom. The summed E-state index contributed by atoms with van der Waals surface area (Å²) in [6, 6.07) is 5.51. The van der Waals surface area contributed by atoms with Gasteiger partial charge in [-0.05, 0) is 25.0 Å². The van der Waals surface area contributed by atoms with E-state index in [1.165, 1.54) is 0 Å². The van der Waals surface area contributed by atoms with Gasteiger partial charge in [-0.2, -0.15) is 5.10 Å². The zero-order valence-corrected chi connectivity index (χ0v) is 10.5. The molecule has 0 bridgehead atoms. The number of quaternary nitrogens is 1. The molecule has 2 rings (SSSR count). The van der Waals surface area contributed by atoms with Crippen LogP contribution in [0.5, 0.6) is 0 Å². The maximum Gasteiger partial charge on any atom is 0.223 e. The summed E-state index contributed by atoms with van der Waals surface area (Å²) in [4.78, 5) is 12.2. The van der Waals surface area contributed by atoms with E-state index in [9.17, 15) is 4.79 Å². The van der Waals surface area contributed by atoms with E-state index in [0.29, 0.717) is 0 Å². The summed E-state index contributed by atoms with van der Waals surface area (Å²) in [6.45, 7) is 5.91. The van der Waals surface area contributed by atoms with Crippen LogP contribution in [-0.4, -0.2) is 21.4 Å². The van der Waals surface area contributed by atoms with Crippen molar-refractivity contribution in [2.45, 2.75) is 32.7 Å². The van der Waals surface area contributed by atoms with Crippen molar-refractivity contribution in [3.8, 4) is 0 Å². The van der Waals surface area contributed by atoms with Crippen LogP contribution in [0.25, 0.3) is 5.52 Å². The van der Waals surface area contributed by atoms with Crippen LogP contribution in [0.1, 0.15) is 42.7 Å². The molecule has 0 unspecified atom stereocenters. The molecule has 90 valence electrons. The second-order valence-corrected chi connectivity index (χ2v) is 4.71. The third-order valence-corrected chi connectivity index (χ3v) is 2.81. The maximum atomic E-state index is 12.2. The molecule has 0 saturated heterocycles. The third kappa shape index (κ3) is 1.96. The number of aromatic nitrogens is 2. The van der Waals surface area contributed by atoms with E-state index in [1.54, 1.807) is 4.52 Å². The number of Topliss-reactive ketones (excluding diaryl/α,β-unsaturated/α-hetero) is 1. The molecule has 3 N–H and O–H groups in total. The first-order chi connectivity index (χ1) is 8.02. The first-order valence-corrected chi connectivity index (χ1v) is 5.87. The molecule has 2 aromatic rings. The Morgan fingerprint density at radius 2 is 2.06 bits per heavy atom. The molecule has 0 spiro atoms. The highest BCUT2D eigenvalue weighted by Crippen LogP contribution is 2.23. The van der Waals surface area contributed by atoms with E-state index in [4.69, 9.17) is 0 Å². The molecule has 4 heteroatoms. The average molecular weight is 232 g/mol. The predicted octanol–water partition coefficient (Wildman–Crippen LogP) is 1.27. The average Bonchev–Trinajstić information content (AvgIpc) is 2.67. The Balaban J connectivity index is 2.72. The third-order valence-electron chi connectivity index (χ3n) is 2.81. The predicted molar refractivity (Wildman–Crippen MR) is 66.0 cm³/mol. The van der Waals surface area contributed by atoms with E-state index >= 15 is 0 Å². The molecule has 0 aliphatic rings. The monoisotopic (exact) mass is 232 g/mol. The maximum absolute atomic E-state index is 12.2. The summed E-state index contributed by atoms with van der Waals surface area (Å²) < 4.78 is 1.77. The molecule has 4 nitrogen and oxygen atoms in total. The number of carbonyl (C=O) groups is 1. The van der Waals surface area contributed by atoms with Gasteiger partial charge in [0.25, 0.3) is 0 Å². The number of hydrogen-bond donors (Lipinski definition) is 1. The standard InChI is InChI=1S/C13H17N3O/c1-8(2)12-11(13(17)9(3)14)10-6-4-5-7-16(10)15-12/h4-9H,14H2,1-3H3/p+1/t9-/m1/s1. The summed E-state index contributed by atoms with van der Waals surface area (Å²) in [5, 5.41) is 4.48. The van der Waals surface area contributed by atoms with Crippen molar-refractivity contribution >= 4 is 11.3 Å². The number of fused-ring (bicyclic) bond motifs is 1. The summed E-state index contributed by atoms with van der Waals surface area (Å²) >= 11 is 0. The second-order valence-electron chi connectivity index (χ2n) is 4.71. The zero-order chi connectivity index (χ0) is 12.6. The van der Waals surface area contributed by atoms with E-state index in [0.717, 1.165) is 16.8 Å². The van der Waals surface area contributed by atoms with Gasteiger partial charge >= 0.3 is 0 Å². The Labute approximate surface area is 100 Å². The fraction of sp³-hybridized carbons (Fsp3) is 0.385. The Bertz CT molecular complexity index is 555. The van der Waals surface area contributed by atoms with Gasteiger partial charge in [0.2, 0.25) is 5.78 Å². The van der Waals surface area contributed by atoms with Gasteiger partial charge in [-0.1, -0.05) is 19.9 Å². The minimum absolute atomic E-state index is 0.0647. The van der Waals surface area contributed by atoms with Crippen LogP contribution in [0, 0.1) is 0 Å². The molecular weight excluding hydrogens is 214 g/mol. The number of pyridine rings is 1. The van der Waals surface area contributed by atoms with Gasteiger partial charge in [0.05, 0.1) is 16.8 Å². The van der Waals surface area contributed by atoms with Crippen molar-refractivity contribution in [1.29, 1.82) is 0 Å². The lowest BCUT2D eigenvalue weighted by molar-refractivity contribution is -0.393. The van der Waals surface area contributed by atoms with Crippen LogP contribution < -0.4 is 5.73 Å². The number of rotatable bonds is 3. The normalized spacial score (nSPS) is 13.2. The van der Waals surface area contributed by atoms with Gasteiger partial charge in [-0.15, -0.1) is 0 Å². The Hall–Kier alpha value is -1.68. The highest BCUT2D eigenvalue weighted by Gasteiger charge is 2.25. The first-order valence-electron chi connectivity index (χ1n) is 5.87. The lowest BCUT2D eigenvalue weighted by Crippen LogP contribution is -2.63. The molecule has 0 amide bonds. The number of hydrogen-bond acceptors (Lipinski definition) is 2. The molecule has 2 heterocycles. The quantitative estimate of drug-likeness (QED) is 0.810. The fourth-order valence-corrected chi connectivity index (χ4v) is 1.92. The second kappa shape index (κ2) is 4.30. The van der Waals surface area contributed by atoms with Crippen molar-refractivity contribution in [3.63, 3.8) is 0 Å². The van der Waals surface area contributed by atoms with Crippen molar-refractivity contribution in [3.05, 3.63) is 35.7 Å². The molecule has 2 aromatic heterocycles. The highest BCUT2D eigenvalue weighted by molar-refractivity contribution is 6.05. The lowest BCUT2D eigenvalue weighted by Gasteiger charge is -2.05. The van der Waals surface area contributed by atoms with E-state index in [-0.39, 0.29) is 17.7 Å².